The van der Waals surface area contributed by atoms with Gasteiger partial charge in [0.15, 0.2) is 0 Å². The third kappa shape index (κ3) is 3.61. The molecule has 3 nitrogen and oxygen atoms in total. The molecule has 15 heavy (non-hydrogen) atoms. The van der Waals surface area contributed by atoms with E-state index in [0.29, 0.717) is 5.92 Å². The number of rotatable bonds is 5. The van der Waals surface area contributed by atoms with E-state index in [2.05, 4.69) is 31.1 Å². The maximum atomic E-state index is 9.21. The van der Waals surface area contributed by atoms with Crippen molar-refractivity contribution in [3.8, 4) is 0 Å². The molecule has 0 saturated carbocycles. The van der Waals surface area contributed by atoms with Crippen molar-refractivity contribution in [1.82, 2.24) is 10.3 Å². The van der Waals surface area contributed by atoms with Crippen LogP contribution in [-0.4, -0.2) is 22.7 Å². The molecule has 84 valence electrons. The molecule has 0 spiro atoms. The summed E-state index contributed by atoms with van der Waals surface area (Å²) in [5.74, 6) is 0.418. The molecule has 0 aliphatic carbocycles. The molecule has 3 heteroatoms. The lowest BCUT2D eigenvalue weighted by atomic mass is 10.0. The molecule has 0 aliphatic heterocycles. The van der Waals surface area contributed by atoms with E-state index < -0.39 is 0 Å². The molecule has 0 radical (unpaired) electrons. The van der Waals surface area contributed by atoms with Crippen molar-refractivity contribution >= 4 is 0 Å². The van der Waals surface area contributed by atoms with Crippen molar-refractivity contribution in [3.63, 3.8) is 0 Å². The normalized spacial score (nSPS) is 15.3. The van der Waals surface area contributed by atoms with E-state index in [-0.39, 0.29) is 18.7 Å². The first-order valence-electron chi connectivity index (χ1n) is 5.43. The quantitative estimate of drug-likeness (QED) is 0.775. The molecule has 0 aliphatic rings. The Bertz CT molecular complexity index is 274. The van der Waals surface area contributed by atoms with Crippen LogP contribution in [0.3, 0.4) is 0 Å². The van der Waals surface area contributed by atoms with Crippen LogP contribution in [0.5, 0.6) is 0 Å². The SMILES string of the molecule is CC(NC(CO)C(C)C)c1ccccn1. The van der Waals surface area contributed by atoms with Gasteiger partial charge in [0.05, 0.1) is 12.3 Å². The summed E-state index contributed by atoms with van der Waals surface area (Å²) >= 11 is 0. The first-order chi connectivity index (χ1) is 7.15. The molecule has 0 fully saturated rings. The second-order valence-electron chi connectivity index (χ2n) is 4.18. The van der Waals surface area contributed by atoms with Gasteiger partial charge >= 0.3 is 0 Å². The number of aliphatic hydroxyl groups is 1. The molecule has 0 amide bonds. The number of hydrogen-bond acceptors (Lipinski definition) is 3. The van der Waals surface area contributed by atoms with E-state index in [1.54, 1.807) is 6.20 Å². The molecule has 1 rings (SSSR count). The minimum atomic E-state index is 0.127. The Labute approximate surface area is 91.5 Å². The van der Waals surface area contributed by atoms with Crippen LogP contribution in [0.1, 0.15) is 32.5 Å². The first kappa shape index (κ1) is 12.1. The summed E-state index contributed by atoms with van der Waals surface area (Å²) in [5.41, 5.74) is 1.01. The fourth-order valence-electron chi connectivity index (χ4n) is 1.49. The monoisotopic (exact) mass is 208 g/mol. The Kier molecular flexibility index (Phi) is 4.72. The Morgan fingerprint density at radius 2 is 2.07 bits per heavy atom. The summed E-state index contributed by atoms with van der Waals surface area (Å²) in [4.78, 5) is 4.28. The van der Waals surface area contributed by atoms with Gasteiger partial charge < -0.3 is 10.4 Å². The highest BCUT2D eigenvalue weighted by Crippen LogP contribution is 2.11. The second-order valence-corrected chi connectivity index (χ2v) is 4.18. The van der Waals surface area contributed by atoms with Gasteiger partial charge in [0.2, 0.25) is 0 Å². The molecule has 2 N–H and O–H groups in total. The van der Waals surface area contributed by atoms with Gasteiger partial charge in [-0.25, -0.2) is 0 Å². The third-order valence-electron chi connectivity index (χ3n) is 2.60. The Balaban J connectivity index is 2.58. The van der Waals surface area contributed by atoms with Crippen LogP contribution in [0.4, 0.5) is 0 Å². The van der Waals surface area contributed by atoms with Crippen molar-refractivity contribution in [1.29, 1.82) is 0 Å². The number of pyridine rings is 1. The predicted molar refractivity (Wildman–Crippen MR) is 61.5 cm³/mol. The van der Waals surface area contributed by atoms with Crippen LogP contribution >= 0.6 is 0 Å². The number of aliphatic hydroxyl groups excluding tert-OH is 1. The molecule has 2 atom stereocenters. The summed E-state index contributed by atoms with van der Waals surface area (Å²) in [6.45, 7) is 6.42. The summed E-state index contributed by atoms with van der Waals surface area (Å²) in [6.07, 6.45) is 1.79. The van der Waals surface area contributed by atoms with Gasteiger partial charge in [-0.2, -0.15) is 0 Å². The van der Waals surface area contributed by atoms with Crippen LogP contribution in [0.25, 0.3) is 0 Å². The second kappa shape index (κ2) is 5.83. The summed E-state index contributed by atoms with van der Waals surface area (Å²) < 4.78 is 0. The van der Waals surface area contributed by atoms with Crippen LogP contribution in [0.15, 0.2) is 24.4 Å². The van der Waals surface area contributed by atoms with Crippen LogP contribution in [0.2, 0.25) is 0 Å². The van der Waals surface area contributed by atoms with E-state index in [9.17, 15) is 5.11 Å². The van der Waals surface area contributed by atoms with Crippen LogP contribution < -0.4 is 5.32 Å². The summed E-state index contributed by atoms with van der Waals surface area (Å²) in [6, 6.07) is 6.17. The average Bonchev–Trinajstić information content (AvgIpc) is 2.26. The molecule has 0 saturated heterocycles. The van der Waals surface area contributed by atoms with Gasteiger partial charge in [0, 0.05) is 18.3 Å². The molecule has 2 unspecified atom stereocenters. The van der Waals surface area contributed by atoms with Gasteiger partial charge in [-0.1, -0.05) is 19.9 Å². The van der Waals surface area contributed by atoms with E-state index in [1.165, 1.54) is 0 Å². The summed E-state index contributed by atoms with van der Waals surface area (Å²) in [7, 11) is 0. The first-order valence-corrected chi connectivity index (χ1v) is 5.43. The summed E-state index contributed by atoms with van der Waals surface area (Å²) in [5, 5.41) is 12.6. The Morgan fingerprint density at radius 1 is 1.33 bits per heavy atom. The topological polar surface area (TPSA) is 45.1 Å². The van der Waals surface area contributed by atoms with Crippen molar-refractivity contribution in [2.24, 2.45) is 5.92 Å². The molecule has 1 aromatic rings. The highest BCUT2D eigenvalue weighted by Gasteiger charge is 2.15. The van der Waals surface area contributed by atoms with E-state index in [4.69, 9.17) is 0 Å². The zero-order valence-corrected chi connectivity index (χ0v) is 9.64. The molecular formula is C12H20N2O. The van der Waals surface area contributed by atoms with E-state index >= 15 is 0 Å². The lowest BCUT2D eigenvalue weighted by molar-refractivity contribution is 0.201. The zero-order chi connectivity index (χ0) is 11.3. The fraction of sp³-hybridized carbons (Fsp3) is 0.583. The molecule has 1 aromatic heterocycles. The average molecular weight is 208 g/mol. The van der Waals surface area contributed by atoms with Gasteiger partial charge in [0.1, 0.15) is 0 Å². The minimum Gasteiger partial charge on any atom is -0.395 e. The van der Waals surface area contributed by atoms with Crippen molar-refractivity contribution in [2.45, 2.75) is 32.9 Å². The minimum absolute atomic E-state index is 0.127. The number of nitrogens with zero attached hydrogens (tertiary/aromatic N) is 1. The van der Waals surface area contributed by atoms with Gasteiger partial charge in [0.25, 0.3) is 0 Å². The predicted octanol–water partition coefficient (Wildman–Crippen LogP) is 1.75. The van der Waals surface area contributed by atoms with Crippen LogP contribution in [-0.2, 0) is 0 Å². The fourth-order valence-corrected chi connectivity index (χ4v) is 1.49. The van der Waals surface area contributed by atoms with E-state index in [1.807, 2.05) is 18.2 Å². The zero-order valence-electron chi connectivity index (χ0n) is 9.64. The largest absolute Gasteiger partial charge is 0.395 e. The molecule has 0 bridgehead atoms. The highest BCUT2D eigenvalue weighted by molar-refractivity contribution is 5.07. The molecule has 0 aromatic carbocycles. The van der Waals surface area contributed by atoms with Gasteiger partial charge in [-0.3, -0.25) is 4.98 Å². The number of nitrogens with one attached hydrogen (secondary N) is 1. The maximum Gasteiger partial charge on any atom is 0.0587 e. The standard InChI is InChI=1S/C12H20N2O/c1-9(2)12(8-15)14-10(3)11-6-4-5-7-13-11/h4-7,9-10,12,14-15H,8H2,1-3H3. The maximum absolute atomic E-state index is 9.21. The number of aromatic nitrogens is 1. The third-order valence-corrected chi connectivity index (χ3v) is 2.60. The highest BCUT2D eigenvalue weighted by atomic mass is 16.3. The van der Waals surface area contributed by atoms with Crippen molar-refractivity contribution in [3.05, 3.63) is 30.1 Å². The van der Waals surface area contributed by atoms with Crippen LogP contribution in [0, 0.1) is 5.92 Å². The van der Waals surface area contributed by atoms with E-state index in [0.717, 1.165) is 5.69 Å². The molecular weight excluding hydrogens is 188 g/mol. The molecule has 1 heterocycles. The van der Waals surface area contributed by atoms with Crippen molar-refractivity contribution < 1.29 is 5.11 Å². The Hall–Kier alpha value is -0.930. The number of hydrogen-bond donors (Lipinski definition) is 2. The Morgan fingerprint density at radius 3 is 2.53 bits per heavy atom. The van der Waals surface area contributed by atoms with Gasteiger partial charge in [-0.15, -0.1) is 0 Å². The lowest BCUT2D eigenvalue weighted by Gasteiger charge is -2.24. The van der Waals surface area contributed by atoms with Gasteiger partial charge in [-0.05, 0) is 25.0 Å². The lowest BCUT2D eigenvalue weighted by Crippen LogP contribution is -2.38. The van der Waals surface area contributed by atoms with Crippen molar-refractivity contribution in [2.75, 3.05) is 6.61 Å². The smallest absolute Gasteiger partial charge is 0.0587 e.